The molecule has 0 radical (unpaired) electrons. The Bertz CT molecular complexity index is 600. The Morgan fingerprint density at radius 2 is 1.89 bits per heavy atom. The van der Waals surface area contributed by atoms with E-state index in [0.717, 1.165) is 15.7 Å². The SMILES string of the molecule is N#Cc1c(Br)cccc1C=NNc1ccccc1. The predicted octanol–water partition coefficient (Wildman–Crippen LogP) is 3.77. The summed E-state index contributed by atoms with van der Waals surface area (Å²) in [6, 6.07) is 17.3. The van der Waals surface area contributed by atoms with Crippen molar-refractivity contribution in [2.75, 3.05) is 5.43 Å². The lowest BCUT2D eigenvalue weighted by Gasteiger charge is -2.01. The van der Waals surface area contributed by atoms with Crippen molar-refractivity contribution in [1.82, 2.24) is 0 Å². The highest BCUT2D eigenvalue weighted by Crippen LogP contribution is 2.18. The Labute approximate surface area is 114 Å². The Hall–Kier alpha value is -2.12. The Balaban J connectivity index is 2.15. The van der Waals surface area contributed by atoms with E-state index in [0.29, 0.717) is 5.56 Å². The first-order valence-electron chi connectivity index (χ1n) is 5.34. The second-order valence-corrected chi connectivity index (χ2v) is 4.41. The molecule has 0 spiro atoms. The fourth-order valence-corrected chi connectivity index (χ4v) is 1.93. The van der Waals surface area contributed by atoms with Crippen LogP contribution in [0.3, 0.4) is 0 Å². The molecule has 0 amide bonds. The van der Waals surface area contributed by atoms with E-state index < -0.39 is 0 Å². The van der Waals surface area contributed by atoms with Crippen molar-refractivity contribution in [2.45, 2.75) is 0 Å². The van der Waals surface area contributed by atoms with Crippen LogP contribution in [0.2, 0.25) is 0 Å². The van der Waals surface area contributed by atoms with Gasteiger partial charge < -0.3 is 0 Å². The lowest BCUT2D eigenvalue weighted by atomic mass is 10.1. The van der Waals surface area contributed by atoms with Crippen LogP contribution in [-0.4, -0.2) is 6.21 Å². The average molecular weight is 300 g/mol. The highest BCUT2D eigenvalue weighted by Gasteiger charge is 2.02. The molecule has 4 heteroatoms. The molecule has 0 atom stereocenters. The van der Waals surface area contributed by atoms with E-state index in [4.69, 9.17) is 5.26 Å². The van der Waals surface area contributed by atoms with E-state index >= 15 is 0 Å². The number of para-hydroxylation sites is 1. The fourth-order valence-electron chi connectivity index (χ4n) is 1.46. The molecule has 1 N–H and O–H groups in total. The standard InChI is InChI=1S/C14H10BrN3/c15-14-8-4-5-11(13(14)9-16)10-17-18-12-6-2-1-3-7-12/h1-8,10,18H. The van der Waals surface area contributed by atoms with Gasteiger partial charge in [0.1, 0.15) is 6.07 Å². The maximum absolute atomic E-state index is 9.05. The van der Waals surface area contributed by atoms with Gasteiger partial charge in [-0.15, -0.1) is 0 Å². The van der Waals surface area contributed by atoms with E-state index in [1.807, 2.05) is 48.5 Å². The first-order chi connectivity index (χ1) is 8.81. The lowest BCUT2D eigenvalue weighted by molar-refractivity contribution is 1.34. The third-order valence-electron chi connectivity index (χ3n) is 2.33. The number of nitriles is 1. The number of hydrazone groups is 1. The van der Waals surface area contributed by atoms with Crippen molar-refractivity contribution < 1.29 is 0 Å². The first-order valence-corrected chi connectivity index (χ1v) is 6.13. The van der Waals surface area contributed by atoms with Crippen LogP contribution in [0.25, 0.3) is 0 Å². The minimum Gasteiger partial charge on any atom is -0.279 e. The molecule has 0 aliphatic rings. The quantitative estimate of drug-likeness (QED) is 0.693. The van der Waals surface area contributed by atoms with Gasteiger partial charge >= 0.3 is 0 Å². The summed E-state index contributed by atoms with van der Waals surface area (Å²) in [4.78, 5) is 0. The number of anilines is 1. The molecule has 2 aromatic rings. The topological polar surface area (TPSA) is 48.2 Å². The molecule has 2 aromatic carbocycles. The van der Waals surface area contributed by atoms with Crippen LogP contribution in [0.1, 0.15) is 11.1 Å². The molecule has 0 aromatic heterocycles. The molecule has 18 heavy (non-hydrogen) atoms. The summed E-state index contributed by atoms with van der Waals surface area (Å²) >= 11 is 3.34. The third-order valence-corrected chi connectivity index (χ3v) is 2.99. The molecule has 0 heterocycles. The molecule has 0 bridgehead atoms. The molecular formula is C14H10BrN3. The van der Waals surface area contributed by atoms with E-state index in [1.54, 1.807) is 6.21 Å². The number of hydrogen-bond acceptors (Lipinski definition) is 3. The monoisotopic (exact) mass is 299 g/mol. The van der Waals surface area contributed by atoms with Crippen LogP contribution in [0.4, 0.5) is 5.69 Å². The van der Waals surface area contributed by atoms with Gasteiger partial charge in [-0.25, -0.2) is 0 Å². The number of rotatable bonds is 3. The van der Waals surface area contributed by atoms with Crippen molar-refractivity contribution in [3.63, 3.8) is 0 Å². The molecular weight excluding hydrogens is 290 g/mol. The molecule has 2 rings (SSSR count). The van der Waals surface area contributed by atoms with Crippen LogP contribution >= 0.6 is 15.9 Å². The van der Waals surface area contributed by atoms with E-state index in [2.05, 4.69) is 32.5 Å². The van der Waals surface area contributed by atoms with Gasteiger partial charge in [-0.1, -0.05) is 30.3 Å². The maximum atomic E-state index is 9.05. The number of nitrogens with zero attached hydrogens (tertiary/aromatic N) is 2. The Morgan fingerprint density at radius 1 is 1.11 bits per heavy atom. The van der Waals surface area contributed by atoms with Crippen LogP contribution in [0.15, 0.2) is 58.1 Å². The van der Waals surface area contributed by atoms with Gasteiger partial charge in [0, 0.05) is 10.0 Å². The largest absolute Gasteiger partial charge is 0.279 e. The minimum atomic E-state index is 0.580. The van der Waals surface area contributed by atoms with E-state index in [1.165, 1.54) is 0 Å². The highest BCUT2D eigenvalue weighted by atomic mass is 79.9. The van der Waals surface area contributed by atoms with Crippen LogP contribution in [0.5, 0.6) is 0 Å². The highest BCUT2D eigenvalue weighted by molar-refractivity contribution is 9.10. The average Bonchev–Trinajstić information content (AvgIpc) is 2.40. The summed E-state index contributed by atoms with van der Waals surface area (Å²) in [6.07, 6.45) is 1.64. The van der Waals surface area contributed by atoms with Crippen molar-refractivity contribution >= 4 is 27.8 Å². The van der Waals surface area contributed by atoms with Gasteiger partial charge in [-0.2, -0.15) is 10.4 Å². The summed E-state index contributed by atoms with van der Waals surface area (Å²) in [5, 5.41) is 13.2. The number of benzene rings is 2. The fraction of sp³-hybridized carbons (Fsp3) is 0. The summed E-state index contributed by atoms with van der Waals surface area (Å²) in [6.45, 7) is 0. The van der Waals surface area contributed by atoms with Crippen LogP contribution in [0, 0.1) is 11.3 Å². The van der Waals surface area contributed by atoms with Crippen molar-refractivity contribution in [1.29, 1.82) is 5.26 Å². The molecule has 0 saturated carbocycles. The van der Waals surface area contributed by atoms with Crippen molar-refractivity contribution in [2.24, 2.45) is 5.10 Å². The van der Waals surface area contributed by atoms with Crippen molar-refractivity contribution in [3.8, 4) is 6.07 Å². The summed E-state index contributed by atoms with van der Waals surface area (Å²) in [5.74, 6) is 0. The minimum absolute atomic E-state index is 0.580. The summed E-state index contributed by atoms with van der Waals surface area (Å²) in [7, 11) is 0. The molecule has 0 saturated heterocycles. The number of nitrogens with one attached hydrogen (secondary N) is 1. The molecule has 0 aliphatic heterocycles. The van der Waals surface area contributed by atoms with Gasteiger partial charge in [0.15, 0.2) is 0 Å². The summed E-state index contributed by atoms with van der Waals surface area (Å²) in [5.41, 5.74) is 5.17. The van der Waals surface area contributed by atoms with E-state index in [9.17, 15) is 0 Å². The zero-order chi connectivity index (χ0) is 12.8. The molecule has 0 fully saturated rings. The van der Waals surface area contributed by atoms with Gasteiger partial charge in [0.05, 0.1) is 17.5 Å². The van der Waals surface area contributed by atoms with Gasteiger partial charge in [0.25, 0.3) is 0 Å². The second kappa shape index (κ2) is 5.99. The summed E-state index contributed by atoms with van der Waals surface area (Å²) < 4.78 is 0.772. The normalized spacial score (nSPS) is 10.2. The molecule has 88 valence electrons. The first kappa shape index (κ1) is 12.3. The Morgan fingerprint density at radius 3 is 2.61 bits per heavy atom. The van der Waals surface area contributed by atoms with Gasteiger partial charge in [0.2, 0.25) is 0 Å². The van der Waals surface area contributed by atoms with Crippen LogP contribution < -0.4 is 5.43 Å². The van der Waals surface area contributed by atoms with E-state index in [-0.39, 0.29) is 0 Å². The maximum Gasteiger partial charge on any atom is 0.101 e. The van der Waals surface area contributed by atoms with Crippen molar-refractivity contribution in [3.05, 3.63) is 64.1 Å². The Kier molecular flexibility index (Phi) is 4.11. The van der Waals surface area contributed by atoms with Gasteiger partial charge in [-0.05, 0) is 34.1 Å². The van der Waals surface area contributed by atoms with Crippen LogP contribution in [-0.2, 0) is 0 Å². The second-order valence-electron chi connectivity index (χ2n) is 3.55. The lowest BCUT2D eigenvalue weighted by Crippen LogP contribution is -1.93. The zero-order valence-electron chi connectivity index (χ0n) is 9.47. The smallest absolute Gasteiger partial charge is 0.101 e. The number of halogens is 1. The molecule has 3 nitrogen and oxygen atoms in total. The molecule has 0 aliphatic carbocycles. The predicted molar refractivity (Wildman–Crippen MR) is 76.5 cm³/mol. The molecule has 0 unspecified atom stereocenters. The number of hydrogen-bond donors (Lipinski definition) is 1. The third kappa shape index (κ3) is 2.96. The zero-order valence-corrected chi connectivity index (χ0v) is 11.1. The van der Waals surface area contributed by atoms with Gasteiger partial charge in [-0.3, -0.25) is 5.43 Å².